The second kappa shape index (κ2) is 9.96. The Labute approximate surface area is 188 Å². The van der Waals surface area contributed by atoms with Crippen molar-refractivity contribution < 1.29 is 22.7 Å². The van der Waals surface area contributed by atoms with Gasteiger partial charge in [-0.3, -0.25) is 4.79 Å². The van der Waals surface area contributed by atoms with E-state index in [1.54, 1.807) is 12.1 Å². The van der Waals surface area contributed by atoms with Gasteiger partial charge in [-0.15, -0.1) is 0 Å². The Hall–Kier alpha value is -2.19. The first-order valence-corrected chi connectivity index (χ1v) is 10.5. The van der Waals surface area contributed by atoms with E-state index in [4.69, 9.17) is 27.9 Å². The molecule has 10 heteroatoms. The Morgan fingerprint density at radius 2 is 1.81 bits per heavy atom. The van der Waals surface area contributed by atoms with Crippen LogP contribution in [-0.4, -0.2) is 30.6 Å². The number of methoxy groups -OCH3 is 1. The number of pyridine rings is 1. The highest BCUT2D eigenvalue weighted by Crippen LogP contribution is 2.32. The third kappa shape index (κ3) is 6.17. The number of anilines is 1. The topological polar surface area (TPSA) is 63.2 Å². The maximum absolute atomic E-state index is 12.9. The molecule has 0 unspecified atom stereocenters. The summed E-state index contributed by atoms with van der Waals surface area (Å²) in [6, 6.07) is 6.02. The predicted octanol–water partition coefficient (Wildman–Crippen LogP) is 5.82. The van der Waals surface area contributed by atoms with Gasteiger partial charge in [-0.25, -0.2) is 0 Å². The van der Waals surface area contributed by atoms with Crippen LogP contribution >= 0.6 is 23.2 Å². The predicted molar refractivity (Wildman–Crippen MR) is 114 cm³/mol. The molecule has 0 aliphatic heterocycles. The molecule has 1 heterocycles. The molecule has 31 heavy (non-hydrogen) atoms. The quantitative estimate of drug-likeness (QED) is 0.552. The van der Waals surface area contributed by atoms with E-state index >= 15 is 0 Å². The first kappa shape index (κ1) is 23.5. The molecular formula is C21H22Cl2F3N3O2. The van der Waals surface area contributed by atoms with E-state index in [1.807, 2.05) is 0 Å². The monoisotopic (exact) mass is 475 g/mol. The molecule has 0 radical (unpaired) electrons. The molecule has 1 amide bonds. The SMILES string of the molecule is COc1ccc(Cl)c(NC[C@H]2CC[C@H](NC(=O)c3cc(C(F)(F)F)ccc3Cl)CC2)n1. The maximum Gasteiger partial charge on any atom is 0.416 e. The smallest absolute Gasteiger partial charge is 0.416 e. The van der Waals surface area contributed by atoms with Crippen molar-refractivity contribution in [2.45, 2.75) is 37.9 Å². The van der Waals surface area contributed by atoms with E-state index in [2.05, 4.69) is 15.6 Å². The van der Waals surface area contributed by atoms with E-state index in [-0.39, 0.29) is 16.6 Å². The summed E-state index contributed by atoms with van der Waals surface area (Å²) < 4.78 is 43.9. The van der Waals surface area contributed by atoms with Gasteiger partial charge in [-0.05, 0) is 55.9 Å². The summed E-state index contributed by atoms with van der Waals surface area (Å²) in [6.07, 6.45) is -1.42. The highest BCUT2D eigenvalue weighted by atomic mass is 35.5. The van der Waals surface area contributed by atoms with Crippen molar-refractivity contribution >= 4 is 34.9 Å². The normalized spacial score (nSPS) is 19.0. The number of halogens is 5. The van der Waals surface area contributed by atoms with Crippen molar-refractivity contribution in [1.82, 2.24) is 10.3 Å². The standard InChI is InChI=1S/C21H22Cl2F3N3O2/c1-31-18-9-8-17(23)19(29-18)27-11-12-2-5-14(6-3-12)28-20(30)15-10-13(21(24,25)26)4-7-16(15)22/h4,7-10,12,14H,2-3,5-6,11H2,1H3,(H,27,29)(H,28,30)/t12-,14-. The van der Waals surface area contributed by atoms with Crippen molar-refractivity contribution in [3.05, 3.63) is 51.5 Å². The third-order valence-corrected chi connectivity index (χ3v) is 5.94. The van der Waals surface area contributed by atoms with E-state index in [9.17, 15) is 18.0 Å². The Bertz CT molecular complexity index is 933. The van der Waals surface area contributed by atoms with Gasteiger partial charge >= 0.3 is 6.18 Å². The zero-order chi connectivity index (χ0) is 22.6. The zero-order valence-corrected chi connectivity index (χ0v) is 18.2. The van der Waals surface area contributed by atoms with E-state index < -0.39 is 17.6 Å². The summed E-state index contributed by atoms with van der Waals surface area (Å²) in [7, 11) is 1.53. The molecule has 1 aliphatic rings. The minimum Gasteiger partial charge on any atom is -0.481 e. The van der Waals surface area contributed by atoms with Crippen LogP contribution in [0.5, 0.6) is 5.88 Å². The third-order valence-electron chi connectivity index (χ3n) is 5.31. The van der Waals surface area contributed by atoms with Crippen LogP contribution in [0.2, 0.25) is 10.0 Å². The number of ether oxygens (including phenoxy) is 1. The minimum atomic E-state index is -4.54. The largest absolute Gasteiger partial charge is 0.481 e. The van der Waals surface area contributed by atoms with Crippen molar-refractivity contribution in [3.8, 4) is 5.88 Å². The summed E-state index contributed by atoms with van der Waals surface area (Å²) in [5, 5.41) is 6.54. The van der Waals surface area contributed by atoms with Gasteiger partial charge in [-0.2, -0.15) is 18.2 Å². The fraction of sp³-hybridized carbons (Fsp3) is 0.429. The van der Waals surface area contributed by atoms with Crippen LogP contribution < -0.4 is 15.4 Å². The van der Waals surface area contributed by atoms with Crippen LogP contribution in [0.3, 0.4) is 0 Å². The van der Waals surface area contributed by atoms with Crippen LogP contribution in [0, 0.1) is 5.92 Å². The van der Waals surface area contributed by atoms with E-state index in [1.165, 1.54) is 7.11 Å². The lowest BCUT2D eigenvalue weighted by atomic mass is 9.86. The molecule has 0 bridgehead atoms. The highest BCUT2D eigenvalue weighted by Gasteiger charge is 2.32. The summed E-state index contributed by atoms with van der Waals surface area (Å²) in [5.41, 5.74) is -1.07. The number of nitrogens with one attached hydrogen (secondary N) is 2. The molecule has 1 aliphatic carbocycles. The number of carbonyl (C=O) groups is 1. The molecular weight excluding hydrogens is 454 g/mol. The second-order valence-electron chi connectivity index (χ2n) is 7.45. The Morgan fingerprint density at radius 1 is 1.13 bits per heavy atom. The first-order valence-electron chi connectivity index (χ1n) is 9.79. The molecule has 2 aromatic rings. The minimum absolute atomic E-state index is 0.00828. The van der Waals surface area contributed by atoms with Gasteiger partial charge in [0.15, 0.2) is 0 Å². The Morgan fingerprint density at radius 3 is 2.45 bits per heavy atom. The van der Waals surface area contributed by atoms with Gasteiger partial charge in [0.2, 0.25) is 5.88 Å². The van der Waals surface area contributed by atoms with E-state index in [0.717, 1.165) is 31.0 Å². The number of hydrogen-bond donors (Lipinski definition) is 2. The summed E-state index contributed by atoms with van der Waals surface area (Å²) >= 11 is 12.1. The van der Waals surface area contributed by atoms with Crippen LogP contribution in [-0.2, 0) is 6.18 Å². The van der Waals surface area contributed by atoms with Gasteiger partial charge in [0, 0.05) is 18.7 Å². The molecule has 0 spiro atoms. The van der Waals surface area contributed by atoms with Gasteiger partial charge in [0.1, 0.15) is 5.82 Å². The lowest BCUT2D eigenvalue weighted by molar-refractivity contribution is -0.137. The van der Waals surface area contributed by atoms with Crippen LogP contribution in [0.1, 0.15) is 41.6 Å². The molecule has 2 N–H and O–H groups in total. The zero-order valence-electron chi connectivity index (χ0n) is 16.7. The number of hydrogen-bond acceptors (Lipinski definition) is 4. The Balaban J connectivity index is 1.52. The molecule has 1 saturated carbocycles. The molecule has 1 aromatic heterocycles. The Kier molecular flexibility index (Phi) is 7.54. The highest BCUT2D eigenvalue weighted by molar-refractivity contribution is 6.34. The average molecular weight is 476 g/mol. The lowest BCUT2D eigenvalue weighted by Gasteiger charge is -2.29. The second-order valence-corrected chi connectivity index (χ2v) is 8.26. The number of rotatable bonds is 6. The summed E-state index contributed by atoms with van der Waals surface area (Å²) in [5.74, 6) is 0.779. The summed E-state index contributed by atoms with van der Waals surface area (Å²) in [4.78, 5) is 16.8. The van der Waals surface area contributed by atoms with Crippen LogP contribution in [0.4, 0.5) is 19.0 Å². The molecule has 0 atom stereocenters. The van der Waals surface area contributed by atoms with Gasteiger partial charge < -0.3 is 15.4 Å². The van der Waals surface area contributed by atoms with Crippen molar-refractivity contribution in [3.63, 3.8) is 0 Å². The number of benzene rings is 1. The number of alkyl halides is 3. The molecule has 1 fully saturated rings. The average Bonchev–Trinajstić information content (AvgIpc) is 2.73. The molecule has 3 rings (SSSR count). The number of carbonyl (C=O) groups excluding carboxylic acids is 1. The first-order chi connectivity index (χ1) is 14.7. The fourth-order valence-corrected chi connectivity index (χ4v) is 3.93. The molecule has 1 aromatic carbocycles. The van der Waals surface area contributed by atoms with E-state index in [0.29, 0.717) is 42.0 Å². The van der Waals surface area contributed by atoms with Crippen LogP contribution in [0.25, 0.3) is 0 Å². The van der Waals surface area contributed by atoms with Gasteiger partial charge in [-0.1, -0.05) is 23.2 Å². The summed E-state index contributed by atoms with van der Waals surface area (Å²) in [6.45, 7) is 0.667. The molecule has 5 nitrogen and oxygen atoms in total. The molecule has 168 valence electrons. The lowest BCUT2D eigenvalue weighted by Crippen LogP contribution is -2.38. The van der Waals surface area contributed by atoms with Crippen molar-refractivity contribution in [2.24, 2.45) is 5.92 Å². The maximum atomic E-state index is 12.9. The molecule has 0 saturated heterocycles. The van der Waals surface area contributed by atoms with Gasteiger partial charge in [0.25, 0.3) is 5.91 Å². The van der Waals surface area contributed by atoms with Crippen molar-refractivity contribution in [2.75, 3.05) is 19.0 Å². The number of nitrogens with zero attached hydrogens (tertiary/aromatic N) is 1. The number of amides is 1. The van der Waals surface area contributed by atoms with Gasteiger partial charge in [0.05, 0.1) is 28.3 Å². The number of aromatic nitrogens is 1. The van der Waals surface area contributed by atoms with Crippen LogP contribution in [0.15, 0.2) is 30.3 Å². The van der Waals surface area contributed by atoms with Crippen molar-refractivity contribution in [1.29, 1.82) is 0 Å². The fourth-order valence-electron chi connectivity index (χ4n) is 3.55.